The van der Waals surface area contributed by atoms with E-state index in [1.54, 1.807) is 25.3 Å². The van der Waals surface area contributed by atoms with Crippen LogP contribution in [0.2, 0.25) is 0 Å². The number of benzene rings is 2. The molecule has 0 atom stereocenters. The van der Waals surface area contributed by atoms with Gasteiger partial charge in [0.15, 0.2) is 0 Å². The van der Waals surface area contributed by atoms with Crippen molar-refractivity contribution in [2.45, 2.75) is 6.92 Å². The molecule has 0 aliphatic rings. The van der Waals surface area contributed by atoms with Crippen molar-refractivity contribution in [2.24, 2.45) is 0 Å². The zero-order chi connectivity index (χ0) is 16.1. The molecule has 0 saturated heterocycles. The number of ether oxygens (including phenoxy) is 1. The third-order valence-corrected chi connectivity index (χ3v) is 3.55. The summed E-state index contributed by atoms with van der Waals surface area (Å²) in [6.45, 7) is 2.14. The summed E-state index contributed by atoms with van der Waals surface area (Å²) in [7, 11) is 0. The lowest BCUT2D eigenvalue weighted by atomic mass is 9.99. The Labute approximate surface area is 135 Å². The molecule has 0 bridgehead atoms. The molecule has 0 fully saturated rings. The largest absolute Gasteiger partial charge is 0.462 e. The maximum atomic E-state index is 12.1. The predicted octanol–water partition coefficient (Wildman–Crippen LogP) is 4.59. The van der Waals surface area contributed by atoms with Gasteiger partial charge in [0.25, 0.3) is 0 Å². The zero-order valence-corrected chi connectivity index (χ0v) is 12.9. The minimum atomic E-state index is -0.347. The Kier molecular flexibility index (Phi) is 4.48. The minimum Gasteiger partial charge on any atom is -0.462 e. The van der Waals surface area contributed by atoms with Crippen molar-refractivity contribution >= 4 is 5.97 Å². The number of esters is 1. The molecule has 1 heterocycles. The average molecular weight is 303 g/mol. The summed E-state index contributed by atoms with van der Waals surface area (Å²) in [5, 5.41) is 0. The van der Waals surface area contributed by atoms with Crippen molar-refractivity contribution < 1.29 is 9.53 Å². The van der Waals surface area contributed by atoms with E-state index in [0.717, 1.165) is 16.7 Å². The molecule has 0 aliphatic heterocycles. The fraction of sp³-hybridized carbons (Fsp3) is 0.100. The van der Waals surface area contributed by atoms with Gasteiger partial charge in [-0.25, -0.2) is 4.79 Å². The quantitative estimate of drug-likeness (QED) is 0.662. The summed E-state index contributed by atoms with van der Waals surface area (Å²) in [6, 6.07) is 21.6. The Hall–Kier alpha value is -2.94. The molecule has 0 spiro atoms. The van der Waals surface area contributed by atoms with Crippen molar-refractivity contribution in [3.05, 3.63) is 78.5 Å². The molecule has 2 aromatic carbocycles. The van der Waals surface area contributed by atoms with Crippen LogP contribution in [0.4, 0.5) is 0 Å². The van der Waals surface area contributed by atoms with Gasteiger partial charge >= 0.3 is 5.97 Å². The molecule has 3 nitrogen and oxygen atoms in total. The van der Waals surface area contributed by atoms with Gasteiger partial charge in [0, 0.05) is 11.8 Å². The molecule has 1 aromatic heterocycles. The van der Waals surface area contributed by atoms with E-state index in [9.17, 15) is 4.79 Å². The molecule has 0 amide bonds. The molecule has 114 valence electrons. The van der Waals surface area contributed by atoms with Gasteiger partial charge in [-0.3, -0.25) is 4.98 Å². The molecular weight excluding hydrogens is 286 g/mol. The maximum Gasteiger partial charge on any atom is 0.340 e. The first-order chi connectivity index (χ1) is 11.3. The van der Waals surface area contributed by atoms with Crippen LogP contribution in [-0.2, 0) is 4.74 Å². The number of carbonyl (C=O) groups is 1. The number of hydrogen-bond donors (Lipinski definition) is 0. The number of pyridine rings is 1. The van der Waals surface area contributed by atoms with E-state index in [2.05, 4.69) is 17.1 Å². The molecular formula is C20H17NO2. The lowest BCUT2D eigenvalue weighted by Gasteiger charge is -2.09. The van der Waals surface area contributed by atoms with E-state index < -0.39 is 0 Å². The van der Waals surface area contributed by atoms with Crippen LogP contribution in [0.5, 0.6) is 0 Å². The summed E-state index contributed by atoms with van der Waals surface area (Å²) in [4.78, 5) is 16.5. The van der Waals surface area contributed by atoms with Crippen LogP contribution in [0.15, 0.2) is 72.9 Å². The van der Waals surface area contributed by atoms with E-state index in [0.29, 0.717) is 17.9 Å². The molecule has 0 saturated carbocycles. The Bertz CT molecular complexity index is 813. The topological polar surface area (TPSA) is 39.2 Å². The first-order valence-corrected chi connectivity index (χ1v) is 7.57. The second-order valence-corrected chi connectivity index (χ2v) is 5.07. The highest BCUT2D eigenvalue weighted by Gasteiger charge is 2.15. The number of aromatic nitrogens is 1. The first-order valence-electron chi connectivity index (χ1n) is 7.57. The van der Waals surface area contributed by atoms with Crippen molar-refractivity contribution in [1.29, 1.82) is 0 Å². The van der Waals surface area contributed by atoms with Crippen LogP contribution < -0.4 is 0 Å². The standard InChI is InChI=1S/C20H17NO2/c1-2-23-20(22)18-12-7-13-21-19(18)17-11-6-10-16(14-17)15-8-4-3-5-9-15/h3-14H,2H2,1H3. The Morgan fingerprint density at radius 3 is 2.43 bits per heavy atom. The van der Waals surface area contributed by atoms with Gasteiger partial charge in [-0.2, -0.15) is 0 Å². The maximum absolute atomic E-state index is 12.1. The van der Waals surface area contributed by atoms with Gasteiger partial charge in [-0.15, -0.1) is 0 Å². The van der Waals surface area contributed by atoms with E-state index in [1.807, 2.05) is 42.5 Å². The number of hydrogen-bond acceptors (Lipinski definition) is 3. The van der Waals surface area contributed by atoms with Crippen LogP contribution in [0.1, 0.15) is 17.3 Å². The molecule has 23 heavy (non-hydrogen) atoms. The number of rotatable bonds is 4. The summed E-state index contributed by atoms with van der Waals surface area (Å²) in [5.41, 5.74) is 4.24. The van der Waals surface area contributed by atoms with Crippen LogP contribution in [0.3, 0.4) is 0 Å². The molecule has 3 rings (SSSR count). The molecule has 0 radical (unpaired) electrons. The van der Waals surface area contributed by atoms with E-state index >= 15 is 0 Å². The lowest BCUT2D eigenvalue weighted by Crippen LogP contribution is -2.07. The van der Waals surface area contributed by atoms with Crippen molar-refractivity contribution in [2.75, 3.05) is 6.61 Å². The summed E-state index contributed by atoms with van der Waals surface area (Å²) in [6.07, 6.45) is 1.69. The molecule has 0 unspecified atom stereocenters. The fourth-order valence-corrected chi connectivity index (χ4v) is 2.49. The molecule has 0 aliphatic carbocycles. The highest BCUT2D eigenvalue weighted by atomic mass is 16.5. The Balaban J connectivity index is 2.05. The second kappa shape index (κ2) is 6.88. The first kappa shape index (κ1) is 15.0. The van der Waals surface area contributed by atoms with Crippen molar-refractivity contribution in [3.63, 3.8) is 0 Å². The fourth-order valence-electron chi connectivity index (χ4n) is 2.49. The zero-order valence-electron chi connectivity index (χ0n) is 12.9. The van der Waals surface area contributed by atoms with Gasteiger partial charge in [0.1, 0.15) is 0 Å². The third-order valence-electron chi connectivity index (χ3n) is 3.55. The minimum absolute atomic E-state index is 0.344. The van der Waals surface area contributed by atoms with Gasteiger partial charge in [0.2, 0.25) is 0 Å². The summed E-state index contributed by atoms with van der Waals surface area (Å²) in [5.74, 6) is -0.347. The van der Waals surface area contributed by atoms with Crippen molar-refractivity contribution in [3.8, 4) is 22.4 Å². The highest BCUT2D eigenvalue weighted by Crippen LogP contribution is 2.27. The van der Waals surface area contributed by atoms with Crippen LogP contribution >= 0.6 is 0 Å². The van der Waals surface area contributed by atoms with Crippen LogP contribution in [0, 0.1) is 0 Å². The average Bonchev–Trinajstić information content (AvgIpc) is 2.63. The SMILES string of the molecule is CCOC(=O)c1cccnc1-c1cccc(-c2ccccc2)c1. The van der Waals surface area contributed by atoms with E-state index in [-0.39, 0.29) is 5.97 Å². The van der Waals surface area contributed by atoms with Gasteiger partial charge in [0.05, 0.1) is 17.9 Å². The van der Waals surface area contributed by atoms with Crippen LogP contribution in [0.25, 0.3) is 22.4 Å². The molecule has 3 aromatic rings. The summed E-state index contributed by atoms with van der Waals surface area (Å²) >= 11 is 0. The monoisotopic (exact) mass is 303 g/mol. The summed E-state index contributed by atoms with van der Waals surface area (Å²) < 4.78 is 5.13. The van der Waals surface area contributed by atoms with Gasteiger partial charge < -0.3 is 4.74 Å². The second-order valence-electron chi connectivity index (χ2n) is 5.07. The lowest BCUT2D eigenvalue weighted by molar-refractivity contribution is 0.0527. The van der Waals surface area contributed by atoms with E-state index in [1.165, 1.54) is 0 Å². The molecule has 0 N–H and O–H groups in total. The van der Waals surface area contributed by atoms with Crippen molar-refractivity contribution in [1.82, 2.24) is 4.98 Å². The Morgan fingerprint density at radius 2 is 1.65 bits per heavy atom. The number of carbonyl (C=O) groups excluding carboxylic acids is 1. The molecule has 3 heteroatoms. The normalized spacial score (nSPS) is 10.3. The Morgan fingerprint density at radius 1 is 0.913 bits per heavy atom. The van der Waals surface area contributed by atoms with Gasteiger partial charge in [-0.1, -0.05) is 48.5 Å². The highest BCUT2D eigenvalue weighted by molar-refractivity contribution is 5.96. The smallest absolute Gasteiger partial charge is 0.340 e. The van der Waals surface area contributed by atoms with E-state index in [4.69, 9.17) is 4.74 Å². The number of nitrogens with zero attached hydrogens (tertiary/aromatic N) is 1. The predicted molar refractivity (Wildman–Crippen MR) is 91.1 cm³/mol. The third kappa shape index (κ3) is 3.29. The van der Waals surface area contributed by atoms with Gasteiger partial charge in [-0.05, 0) is 36.2 Å². The van der Waals surface area contributed by atoms with Crippen LogP contribution in [-0.4, -0.2) is 17.6 Å².